The molecule has 200 valence electrons. The van der Waals surface area contributed by atoms with E-state index in [-0.39, 0.29) is 48.5 Å². The summed E-state index contributed by atoms with van der Waals surface area (Å²) >= 11 is 0. The fourth-order valence-corrected chi connectivity index (χ4v) is 4.90. The van der Waals surface area contributed by atoms with E-state index in [4.69, 9.17) is 9.15 Å². The number of ether oxygens (including phenoxy) is 1. The van der Waals surface area contributed by atoms with Gasteiger partial charge in [-0.2, -0.15) is 0 Å². The predicted molar refractivity (Wildman–Crippen MR) is 146 cm³/mol. The van der Waals surface area contributed by atoms with Crippen LogP contribution in [0, 0.1) is 11.7 Å². The standard InChI is InChI=1S/C32H31FN2O4/c1-21(2)32(37)35-16-15-23-11-12-26(18-28(23)30(35)24-8-4-3-5-9-24)38-20-27-13-14-29(39-27)31(36)34-19-22-7-6-10-25(33)17-22/h3-14,17-18,21,30H,15-16,19-20H2,1-2H3,(H,34,36)/t30-/m0/s1. The molecule has 0 spiro atoms. The minimum Gasteiger partial charge on any atom is -0.486 e. The van der Waals surface area contributed by atoms with Crippen LogP contribution in [0.4, 0.5) is 4.39 Å². The molecule has 0 fully saturated rings. The molecule has 1 atom stereocenters. The van der Waals surface area contributed by atoms with Crippen LogP contribution in [0.5, 0.6) is 5.75 Å². The van der Waals surface area contributed by atoms with Gasteiger partial charge < -0.3 is 19.4 Å². The van der Waals surface area contributed by atoms with Gasteiger partial charge in [0.05, 0.1) is 6.04 Å². The van der Waals surface area contributed by atoms with Crippen molar-refractivity contribution in [3.05, 3.63) is 125 Å². The monoisotopic (exact) mass is 526 g/mol. The van der Waals surface area contributed by atoms with E-state index in [0.717, 1.165) is 17.5 Å². The Morgan fingerprint density at radius 1 is 1.03 bits per heavy atom. The average Bonchev–Trinajstić information content (AvgIpc) is 3.43. The van der Waals surface area contributed by atoms with Crippen LogP contribution in [0.15, 0.2) is 89.3 Å². The molecule has 1 N–H and O–H groups in total. The summed E-state index contributed by atoms with van der Waals surface area (Å²) in [4.78, 5) is 27.6. The van der Waals surface area contributed by atoms with Gasteiger partial charge in [0.25, 0.3) is 5.91 Å². The summed E-state index contributed by atoms with van der Waals surface area (Å²) in [7, 11) is 0. The lowest BCUT2D eigenvalue weighted by Crippen LogP contribution is -2.42. The van der Waals surface area contributed by atoms with Crippen molar-refractivity contribution >= 4 is 11.8 Å². The molecule has 0 radical (unpaired) electrons. The highest BCUT2D eigenvalue weighted by Gasteiger charge is 2.33. The Labute approximate surface area is 227 Å². The van der Waals surface area contributed by atoms with E-state index in [1.54, 1.807) is 24.3 Å². The highest BCUT2D eigenvalue weighted by atomic mass is 19.1. The van der Waals surface area contributed by atoms with E-state index in [1.165, 1.54) is 17.7 Å². The van der Waals surface area contributed by atoms with Gasteiger partial charge in [-0.15, -0.1) is 0 Å². The highest BCUT2D eigenvalue weighted by Crippen LogP contribution is 2.38. The summed E-state index contributed by atoms with van der Waals surface area (Å²) in [5, 5.41) is 2.73. The number of amides is 2. The van der Waals surface area contributed by atoms with Crippen LogP contribution >= 0.6 is 0 Å². The van der Waals surface area contributed by atoms with E-state index in [0.29, 0.717) is 23.6 Å². The van der Waals surface area contributed by atoms with E-state index in [9.17, 15) is 14.0 Å². The van der Waals surface area contributed by atoms with Gasteiger partial charge >= 0.3 is 0 Å². The summed E-state index contributed by atoms with van der Waals surface area (Å²) in [6.45, 7) is 4.86. The fourth-order valence-electron chi connectivity index (χ4n) is 4.90. The first kappa shape index (κ1) is 26.2. The molecule has 7 heteroatoms. The smallest absolute Gasteiger partial charge is 0.287 e. The van der Waals surface area contributed by atoms with E-state index in [1.807, 2.05) is 49.1 Å². The first-order valence-corrected chi connectivity index (χ1v) is 13.1. The van der Waals surface area contributed by atoms with Gasteiger partial charge in [-0.1, -0.05) is 62.4 Å². The van der Waals surface area contributed by atoms with Gasteiger partial charge in [0.1, 0.15) is 23.9 Å². The van der Waals surface area contributed by atoms with E-state index >= 15 is 0 Å². The number of hydrogen-bond acceptors (Lipinski definition) is 4. The van der Waals surface area contributed by atoms with Crippen LogP contribution in [-0.2, 0) is 24.4 Å². The summed E-state index contributed by atoms with van der Waals surface area (Å²) in [5.74, 6) is 0.593. The van der Waals surface area contributed by atoms with Crippen LogP contribution < -0.4 is 10.1 Å². The number of carbonyl (C=O) groups is 2. The van der Waals surface area contributed by atoms with Gasteiger partial charge in [0, 0.05) is 19.0 Å². The maximum atomic E-state index is 13.4. The van der Waals surface area contributed by atoms with Crippen molar-refractivity contribution in [2.45, 2.75) is 39.5 Å². The Balaban J connectivity index is 1.29. The van der Waals surface area contributed by atoms with Gasteiger partial charge in [-0.05, 0) is 65.1 Å². The number of nitrogens with zero attached hydrogens (tertiary/aromatic N) is 1. The summed E-state index contributed by atoms with van der Waals surface area (Å²) < 4.78 is 25.1. The van der Waals surface area contributed by atoms with E-state index in [2.05, 4.69) is 23.5 Å². The second-order valence-corrected chi connectivity index (χ2v) is 9.98. The number of carbonyl (C=O) groups excluding carboxylic acids is 2. The fraction of sp³-hybridized carbons (Fsp3) is 0.250. The second kappa shape index (κ2) is 11.6. The molecule has 0 saturated carbocycles. The Kier molecular flexibility index (Phi) is 7.77. The number of rotatable bonds is 8. The van der Waals surface area contributed by atoms with Crippen molar-refractivity contribution < 1.29 is 23.1 Å². The molecule has 4 aromatic rings. The number of fused-ring (bicyclic) bond motifs is 1. The Morgan fingerprint density at radius 3 is 2.62 bits per heavy atom. The average molecular weight is 527 g/mol. The van der Waals surface area contributed by atoms with Crippen LogP contribution in [0.1, 0.15) is 58.5 Å². The number of furan rings is 1. The minimum atomic E-state index is -0.389. The lowest BCUT2D eigenvalue weighted by molar-refractivity contribution is -0.136. The van der Waals surface area contributed by atoms with Crippen molar-refractivity contribution in [1.29, 1.82) is 0 Å². The van der Waals surface area contributed by atoms with E-state index < -0.39 is 0 Å². The molecular formula is C32H31FN2O4. The van der Waals surface area contributed by atoms with Crippen LogP contribution in [-0.4, -0.2) is 23.3 Å². The molecule has 0 saturated heterocycles. The first-order chi connectivity index (χ1) is 18.9. The van der Waals surface area contributed by atoms with Crippen LogP contribution in [0.3, 0.4) is 0 Å². The van der Waals surface area contributed by atoms with Gasteiger partial charge in [-0.3, -0.25) is 9.59 Å². The maximum absolute atomic E-state index is 13.4. The lowest BCUT2D eigenvalue weighted by Gasteiger charge is -2.39. The largest absolute Gasteiger partial charge is 0.486 e. The topological polar surface area (TPSA) is 71.8 Å². The first-order valence-electron chi connectivity index (χ1n) is 13.1. The summed E-state index contributed by atoms with van der Waals surface area (Å²) in [6.07, 6.45) is 0.781. The second-order valence-electron chi connectivity index (χ2n) is 9.98. The molecule has 5 rings (SSSR count). The summed E-state index contributed by atoms with van der Waals surface area (Å²) in [6, 6.07) is 25.2. The molecule has 3 aromatic carbocycles. The Hall–Kier alpha value is -4.39. The zero-order valence-corrected chi connectivity index (χ0v) is 22.0. The number of benzene rings is 3. The molecule has 39 heavy (non-hydrogen) atoms. The quantitative estimate of drug-likeness (QED) is 0.303. The van der Waals surface area contributed by atoms with Gasteiger partial charge in [0.2, 0.25) is 5.91 Å². The lowest BCUT2D eigenvalue weighted by atomic mass is 9.87. The van der Waals surface area contributed by atoms with Crippen molar-refractivity contribution in [1.82, 2.24) is 10.2 Å². The van der Waals surface area contributed by atoms with Crippen LogP contribution in [0.2, 0.25) is 0 Å². The third-order valence-electron chi connectivity index (χ3n) is 6.85. The summed E-state index contributed by atoms with van der Waals surface area (Å²) in [5.41, 5.74) is 3.97. The molecule has 1 aliphatic rings. The number of hydrogen-bond donors (Lipinski definition) is 1. The normalized spacial score (nSPS) is 14.7. The third kappa shape index (κ3) is 6.03. The van der Waals surface area contributed by atoms with Crippen molar-refractivity contribution in [2.24, 2.45) is 5.92 Å². The molecule has 1 aromatic heterocycles. The molecule has 2 amide bonds. The van der Waals surface area contributed by atoms with Crippen LogP contribution in [0.25, 0.3) is 0 Å². The molecule has 0 bridgehead atoms. The highest BCUT2D eigenvalue weighted by molar-refractivity contribution is 5.91. The predicted octanol–water partition coefficient (Wildman–Crippen LogP) is 6.06. The zero-order chi connectivity index (χ0) is 27.4. The maximum Gasteiger partial charge on any atom is 0.287 e. The zero-order valence-electron chi connectivity index (χ0n) is 22.0. The SMILES string of the molecule is CC(C)C(=O)N1CCc2ccc(OCc3ccc(C(=O)NCc4cccc(F)c4)o3)cc2[C@@H]1c1ccccc1. The van der Waals surface area contributed by atoms with Crippen molar-refractivity contribution in [3.8, 4) is 5.75 Å². The minimum absolute atomic E-state index is 0.101. The number of nitrogens with one attached hydrogen (secondary N) is 1. The van der Waals surface area contributed by atoms with Crippen molar-refractivity contribution in [2.75, 3.05) is 6.54 Å². The Bertz CT molecular complexity index is 1460. The molecule has 1 aliphatic heterocycles. The van der Waals surface area contributed by atoms with Gasteiger partial charge in [-0.25, -0.2) is 4.39 Å². The molecule has 0 aliphatic carbocycles. The number of halogens is 1. The third-order valence-corrected chi connectivity index (χ3v) is 6.85. The molecule has 6 nitrogen and oxygen atoms in total. The molecule has 0 unspecified atom stereocenters. The van der Waals surface area contributed by atoms with Gasteiger partial charge in [0.15, 0.2) is 5.76 Å². The molecule has 2 heterocycles. The molecular weight excluding hydrogens is 495 g/mol. The Morgan fingerprint density at radius 2 is 1.85 bits per heavy atom. The van der Waals surface area contributed by atoms with Crippen molar-refractivity contribution in [3.63, 3.8) is 0 Å².